The van der Waals surface area contributed by atoms with Crippen LogP contribution in [0.25, 0.3) is 10.9 Å². The Hall–Kier alpha value is -2.55. The Kier molecular flexibility index (Phi) is 6.74. The van der Waals surface area contributed by atoms with Gasteiger partial charge in [-0.3, -0.25) is 4.79 Å². The summed E-state index contributed by atoms with van der Waals surface area (Å²) in [6, 6.07) is 17.3. The van der Waals surface area contributed by atoms with E-state index in [4.69, 9.17) is 0 Å². The SMILES string of the molecule is CCC(C)c1ccccc1CC1(C)CCCN(C(=O)[C@H](C)Cc2c[nH]c3ccccc23)C1. The second-order valence-electron chi connectivity index (χ2n) is 10.3. The average Bonchev–Trinajstić information content (AvgIpc) is 3.21. The molecule has 1 aliphatic rings. The first kappa shape index (κ1) is 22.6. The van der Waals surface area contributed by atoms with Gasteiger partial charge in [0.15, 0.2) is 0 Å². The molecule has 3 atom stereocenters. The van der Waals surface area contributed by atoms with Crippen molar-refractivity contribution in [1.29, 1.82) is 0 Å². The van der Waals surface area contributed by atoms with Crippen molar-refractivity contribution in [3.8, 4) is 0 Å². The molecule has 1 N–H and O–H groups in total. The highest BCUT2D eigenvalue weighted by molar-refractivity contribution is 5.84. The van der Waals surface area contributed by atoms with Gasteiger partial charge >= 0.3 is 0 Å². The lowest BCUT2D eigenvalue weighted by molar-refractivity contribution is -0.138. The van der Waals surface area contributed by atoms with Crippen molar-refractivity contribution < 1.29 is 4.79 Å². The van der Waals surface area contributed by atoms with Gasteiger partial charge in [0.25, 0.3) is 0 Å². The lowest BCUT2D eigenvalue weighted by atomic mass is 9.75. The maximum atomic E-state index is 13.4. The fourth-order valence-electron chi connectivity index (χ4n) is 5.53. The topological polar surface area (TPSA) is 36.1 Å². The molecule has 1 aliphatic heterocycles. The molecule has 2 heterocycles. The van der Waals surface area contributed by atoms with E-state index in [0.29, 0.717) is 11.8 Å². The minimum absolute atomic E-state index is 0.0102. The van der Waals surface area contributed by atoms with Crippen molar-refractivity contribution in [2.75, 3.05) is 13.1 Å². The summed E-state index contributed by atoms with van der Waals surface area (Å²) in [4.78, 5) is 18.9. The maximum Gasteiger partial charge on any atom is 0.225 e. The normalized spacial score (nSPS) is 20.9. The molecule has 3 nitrogen and oxygen atoms in total. The number of benzene rings is 2. The Bertz CT molecular complexity index is 1070. The minimum atomic E-state index is -0.0102. The van der Waals surface area contributed by atoms with E-state index in [1.807, 2.05) is 6.07 Å². The number of nitrogens with one attached hydrogen (secondary N) is 1. The molecule has 0 radical (unpaired) electrons. The summed E-state index contributed by atoms with van der Waals surface area (Å²) in [6.07, 6.45) is 7.33. The van der Waals surface area contributed by atoms with Crippen LogP contribution in [0.5, 0.6) is 0 Å². The van der Waals surface area contributed by atoms with E-state index in [1.165, 1.54) is 28.5 Å². The van der Waals surface area contributed by atoms with Crippen molar-refractivity contribution in [2.24, 2.45) is 11.3 Å². The molecule has 0 bridgehead atoms. The van der Waals surface area contributed by atoms with Crippen molar-refractivity contribution in [2.45, 2.75) is 65.7 Å². The summed E-state index contributed by atoms with van der Waals surface area (Å²) in [5.41, 5.74) is 5.46. The van der Waals surface area contributed by atoms with E-state index in [-0.39, 0.29) is 11.3 Å². The number of amides is 1. The van der Waals surface area contributed by atoms with Crippen LogP contribution < -0.4 is 0 Å². The number of carbonyl (C=O) groups is 1. The van der Waals surface area contributed by atoms with Gasteiger partial charge in [0.2, 0.25) is 5.91 Å². The van der Waals surface area contributed by atoms with E-state index >= 15 is 0 Å². The molecule has 0 aliphatic carbocycles. The van der Waals surface area contributed by atoms with Gasteiger partial charge in [0, 0.05) is 36.1 Å². The first-order valence-corrected chi connectivity index (χ1v) is 12.3. The first-order valence-electron chi connectivity index (χ1n) is 12.3. The van der Waals surface area contributed by atoms with Crippen LogP contribution in [0, 0.1) is 11.3 Å². The number of para-hydroxylation sites is 1. The third kappa shape index (κ3) is 4.77. The molecule has 2 unspecified atom stereocenters. The van der Waals surface area contributed by atoms with E-state index in [1.54, 1.807) is 0 Å². The molecule has 3 aromatic rings. The highest BCUT2D eigenvalue weighted by atomic mass is 16.2. The lowest BCUT2D eigenvalue weighted by Crippen LogP contribution is -2.47. The molecule has 1 fully saturated rings. The molecule has 3 heteroatoms. The van der Waals surface area contributed by atoms with Gasteiger partial charge in [-0.2, -0.15) is 0 Å². The molecular formula is C29H38N2O. The molecule has 2 aromatic carbocycles. The largest absolute Gasteiger partial charge is 0.361 e. The van der Waals surface area contributed by atoms with Crippen LogP contribution in [0.4, 0.5) is 0 Å². The molecule has 1 aromatic heterocycles. The predicted octanol–water partition coefficient (Wildman–Crippen LogP) is 6.73. The fraction of sp³-hybridized carbons (Fsp3) is 0.483. The minimum Gasteiger partial charge on any atom is -0.361 e. The second-order valence-corrected chi connectivity index (χ2v) is 10.3. The molecule has 4 rings (SSSR count). The number of carbonyl (C=O) groups excluding carboxylic acids is 1. The summed E-state index contributed by atoms with van der Waals surface area (Å²) in [5, 5.41) is 1.23. The Morgan fingerprint density at radius 2 is 1.84 bits per heavy atom. The Morgan fingerprint density at radius 3 is 2.66 bits per heavy atom. The zero-order valence-corrected chi connectivity index (χ0v) is 20.2. The van der Waals surface area contributed by atoms with Gasteiger partial charge in [-0.25, -0.2) is 0 Å². The number of H-pyrrole nitrogens is 1. The van der Waals surface area contributed by atoms with Crippen molar-refractivity contribution >= 4 is 16.8 Å². The zero-order valence-electron chi connectivity index (χ0n) is 20.2. The molecule has 1 amide bonds. The Balaban J connectivity index is 1.45. The first-order chi connectivity index (χ1) is 15.4. The van der Waals surface area contributed by atoms with Crippen LogP contribution in [0.15, 0.2) is 54.7 Å². The fourth-order valence-corrected chi connectivity index (χ4v) is 5.53. The number of likely N-dealkylation sites (tertiary alicyclic amines) is 1. The third-order valence-electron chi connectivity index (χ3n) is 7.53. The van der Waals surface area contributed by atoms with Crippen LogP contribution >= 0.6 is 0 Å². The highest BCUT2D eigenvalue weighted by Gasteiger charge is 2.35. The number of rotatable bonds is 7. The lowest BCUT2D eigenvalue weighted by Gasteiger charge is -2.42. The van der Waals surface area contributed by atoms with E-state index < -0.39 is 0 Å². The summed E-state index contributed by atoms with van der Waals surface area (Å²) >= 11 is 0. The van der Waals surface area contributed by atoms with Crippen LogP contribution in [0.2, 0.25) is 0 Å². The smallest absolute Gasteiger partial charge is 0.225 e. The number of aromatic amines is 1. The van der Waals surface area contributed by atoms with Crippen LogP contribution in [0.1, 0.15) is 69.6 Å². The summed E-state index contributed by atoms with van der Waals surface area (Å²) < 4.78 is 0. The monoisotopic (exact) mass is 430 g/mol. The van der Waals surface area contributed by atoms with E-state index in [2.05, 4.69) is 86.2 Å². The van der Waals surface area contributed by atoms with Crippen LogP contribution in [-0.2, 0) is 17.6 Å². The van der Waals surface area contributed by atoms with Gasteiger partial charge in [-0.15, -0.1) is 0 Å². The molecule has 32 heavy (non-hydrogen) atoms. The van der Waals surface area contributed by atoms with Crippen molar-refractivity contribution in [3.05, 3.63) is 71.4 Å². The van der Waals surface area contributed by atoms with Crippen molar-refractivity contribution in [1.82, 2.24) is 9.88 Å². The summed E-state index contributed by atoms with van der Waals surface area (Å²) in [5.74, 6) is 0.868. The van der Waals surface area contributed by atoms with E-state index in [9.17, 15) is 4.79 Å². The highest BCUT2D eigenvalue weighted by Crippen LogP contribution is 2.36. The zero-order chi connectivity index (χ0) is 22.7. The summed E-state index contributed by atoms with van der Waals surface area (Å²) in [6.45, 7) is 10.8. The molecule has 170 valence electrons. The molecule has 0 saturated carbocycles. The Labute approximate surface area is 193 Å². The maximum absolute atomic E-state index is 13.4. The van der Waals surface area contributed by atoms with Gasteiger partial charge in [0.05, 0.1) is 0 Å². The van der Waals surface area contributed by atoms with Gasteiger partial charge < -0.3 is 9.88 Å². The van der Waals surface area contributed by atoms with Crippen molar-refractivity contribution in [3.63, 3.8) is 0 Å². The number of fused-ring (bicyclic) bond motifs is 1. The number of nitrogens with zero attached hydrogens (tertiary/aromatic N) is 1. The number of aromatic nitrogens is 1. The number of hydrogen-bond donors (Lipinski definition) is 1. The Morgan fingerprint density at radius 1 is 1.09 bits per heavy atom. The third-order valence-corrected chi connectivity index (χ3v) is 7.53. The van der Waals surface area contributed by atoms with Crippen LogP contribution in [-0.4, -0.2) is 28.9 Å². The standard InChI is InChI=1S/C29H38N2O/c1-5-21(2)25-12-7-6-11-23(25)18-29(4)15-10-16-31(20-29)28(32)22(3)17-24-19-30-27-14-9-8-13-26(24)27/h6-9,11-14,19,21-22,30H,5,10,15-18,20H2,1-4H3/t21?,22-,29?/m1/s1. The van der Waals surface area contributed by atoms with Crippen LogP contribution in [0.3, 0.4) is 0 Å². The van der Waals surface area contributed by atoms with Gasteiger partial charge in [0.1, 0.15) is 0 Å². The van der Waals surface area contributed by atoms with E-state index in [0.717, 1.165) is 44.3 Å². The quantitative estimate of drug-likeness (QED) is 0.443. The predicted molar refractivity (Wildman–Crippen MR) is 134 cm³/mol. The number of piperidine rings is 1. The number of hydrogen-bond acceptors (Lipinski definition) is 1. The molecule has 1 saturated heterocycles. The molecular weight excluding hydrogens is 392 g/mol. The second kappa shape index (κ2) is 9.52. The van der Waals surface area contributed by atoms with Gasteiger partial charge in [-0.05, 0) is 66.2 Å². The summed E-state index contributed by atoms with van der Waals surface area (Å²) in [7, 11) is 0. The average molecular weight is 431 g/mol. The van der Waals surface area contributed by atoms with Gasteiger partial charge in [-0.1, -0.05) is 70.2 Å². The molecule has 0 spiro atoms.